The molecule has 2 aliphatic rings. The maximum atomic E-state index is 12.0. The fourth-order valence-electron chi connectivity index (χ4n) is 4.04. The summed E-state index contributed by atoms with van der Waals surface area (Å²) in [5.74, 6) is 0.211. The minimum absolute atomic E-state index is 0.211. The second-order valence-electron chi connectivity index (χ2n) is 6.70. The van der Waals surface area contributed by atoms with Crippen LogP contribution in [0.4, 0.5) is 0 Å². The van der Waals surface area contributed by atoms with E-state index in [9.17, 15) is 5.11 Å². The third-order valence-corrected chi connectivity index (χ3v) is 5.35. The van der Waals surface area contributed by atoms with E-state index in [1.807, 2.05) is 30.3 Å². The van der Waals surface area contributed by atoms with E-state index in [-0.39, 0.29) is 5.92 Å². The van der Waals surface area contributed by atoms with Crippen molar-refractivity contribution in [1.82, 2.24) is 9.88 Å². The molecule has 3 nitrogen and oxygen atoms in total. The molecule has 1 saturated heterocycles. The molecule has 2 heterocycles. The molecule has 3 heteroatoms. The number of hydrogen-bond donors (Lipinski definition) is 1. The Hall–Kier alpha value is -1.97. The normalized spacial score (nSPS) is 24.8. The average Bonchev–Trinajstić information content (AvgIpc) is 2.72. The Morgan fingerprint density at radius 1 is 1.04 bits per heavy atom. The number of aromatic nitrogens is 1. The number of fused-ring (bicyclic) bond motifs is 2. The van der Waals surface area contributed by atoms with Crippen molar-refractivity contribution in [3.63, 3.8) is 0 Å². The van der Waals surface area contributed by atoms with Crippen LogP contribution in [0.3, 0.4) is 0 Å². The predicted octanol–water partition coefficient (Wildman–Crippen LogP) is 3.14. The van der Waals surface area contributed by atoms with Gasteiger partial charge in [-0.25, -0.2) is 0 Å². The Morgan fingerprint density at radius 2 is 1.78 bits per heavy atom. The van der Waals surface area contributed by atoms with Gasteiger partial charge in [0, 0.05) is 11.8 Å². The highest BCUT2D eigenvalue weighted by molar-refractivity contribution is 5.75. The summed E-state index contributed by atoms with van der Waals surface area (Å²) in [5.41, 5.74) is 2.95. The standard InChI is InChI=1S/C20H22N2O/c1-22-13-10-16(11-14-22)20(23)17-6-3-2-5-15(17)8-9-19-18(20)7-4-12-21-19/h2-9,12,16,23H,10-11,13-14H2,1H3/t20-/m1/s1. The van der Waals surface area contributed by atoms with Crippen LogP contribution < -0.4 is 0 Å². The summed E-state index contributed by atoms with van der Waals surface area (Å²) in [6.07, 6.45) is 7.90. The topological polar surface area (TPSA) is 36.4 Å². The van der Waals surface area contributed by atoms with Gasteiger partial charge in [-0.15, -0.1) is 0 Å². The summed E-state index contributed by atoms with van der Waals surface area (Å²) in [6, 6.07) is 12.2. The molecule has 0 unspecified atom stereocenters. The Kier molecular flexibility index (Phi) is 3.55. The van der Waals surface area contributed by atoms with Crippen LogP contribution in [0.1, 0.15) is 35.2 Å². The molecule has 1 fully saturated rings. The van der Waals surface area contributed by atoms with E-state index < -0.39 is 5.60 Å². The van der Waals surface area contributed by atoms with Gasteiger partial charge in [0.25, 0.3) is 0 Å². The number of likely N-dealkylation sites (tertiary alicyclic amines) is 1. The van der Waals surface area contributed by atoms with Crippen LogP contribution in [0.25, 0.3) is 12.2 Å². The highest BCUT2D eigenvalue weighted by Crippen LogP contribution is 2.45. The maximum Gasteiger partial charge on any atom is 0.120 e. The van der Waals surface area contributed by atoms with Crippen molar-refractivity contribution in [2.24, 2.45) is 5.92 Å². The van der Waals surface area contributed by atoms with Gasteiger partial charge in [-0.05, 0) is 62.2 Å². The molecule has 0 amide bonds. The van der Waals surface area contributed by atoms with Gasteiger partial charge in [0.2, 0.25) is 0 Å². The van der Waals surface area contributed by atoms with Crippen LogP contribution in [0.15, 0.2) is 42.6 Å². The van der Waals surface area contributed by atoms with Crippen molar-refractivity contribution < 1.29 is 5.11 Å². The minimum atomic E-state index is -0.967. The van der Waals surface area contributed by atoms with Gasteiger partial charge in [0.05, 0.1) is 5.69 Å². The van der Waals surface area contributed by atoms with E-state index in [2.05, 4.69) is 35.1 Å². The summed E-state index contributed by atoms with van der Waals surface area (Å²) in [5, 5.41) is 12.0. The van der Waals surface area contributed by atoms with Gasteiger partial charge in [-0.3, -0.25) is 4.98 Å². The van der Waals surface area contributed by atoms with Crippen LogP contribution in [0, 0.1) is 5.92 Å². The van der Waals surface area contributed by atoms with Crippen molar-refractivity contribution in [3.8, 4) is 0 Å². The summed E-state index contributed by atoms with van der Waals surface area (Å²) < 4.78 is 0. The first-order chi connectivity index (χ1) is 11.2. The lowest BCUT2D eigenvalue weighted by Crippen LogP contribution is -2.43. The molecule has 1 aliphatic carbocycles. The summed E-state index contributed by atoms with van der Waals surface area (Å²) in [7, 11) is 2.15. The lowest BCUT2D eigenvalue weighted by Gasteiger charge is -2.42. The first kappa shape index (κ1) is 14.6. The Bertz CT molecular complexity index is 695. The minimum Gasteiger partial charge on any atom is -0.380 e. The largest absolute Gasteiger partial charge is 0.380 e. The van der Waals surface area contributed by atoms with Crippen LogP contribution in [0.2, 0.25) is 0 Å². The number of rotatable bonds is 1. The van der Waals surface area contributed by atoms with E-state index >= 15 is 0 Å². The van der Waals surface area contributed by atoms with Gasteiger partial charge in [0.1, 0.15) is 5.60 Å². The van der Waals surface area contributed by atoms with Crippen LogP contribution in [-0.4, -0.2) is 35.1 Å². The number of piperidine rings is 1. The summed E-state index contributed by atoms with van der Waals surface area (Å²) >= 11 is 0. The van der Waals surface area contributed by atoms with Crippen LogP contribution in [0.5, 0.6) is 0 Å². The van der Waals surface area contributed by atoms with E-state index in [0.717, 1.165) is 48.3 Å². The molecule has 1 N–H and O–H groups in total. The van der Waals surface area contributed by atoms with Crippen molar-refractivity contribution in [3.05, 3.63) is 65.0 Å². The zero-order valence-electron chi connectivity index (χ0n) is 13.4. The Labute approximate surface area is 137 Å². The molecule has 0 bridgehead atoms. The lowest BCUT2D eigenvalue weighted by molar-refractivity contribution is -0.0113. The molecule has 4 rings (SSSR count). The lowest BCUT2D eigenvalue weighted by atomic mass is 9.71. The van der Waals surface area contributed by atoms with Gasteiger partial charge in [-0.2, -0.15) is 0 Å². The van der Waals surface area contributed by atoms with Crippen molar-refractivity contribution in [1.29, 1.82) is 0 Å². The second-order valence-corrected chi connectivity index (χ2v) is 6.70. The van der Waals surface area contributed by atoms with Crippen LogP contribution >= 0.6 is 0 Å². The quantitative estimate of drug-likeness (QED) is 0.879. The zero-order valence-corrected chi connectivity index (χ0v) is 13.4. The Morgan fingerprint density at radius 3 is 2.61 bits per heavy atom. The number of pyridine rings is 1. The SMILES string of the molecule is CN1CCC([C@@]2(O)c3ccccc3C=Cc3ncccc32)CC1. The monoisotopic (exact) mass is 306 g/mol. The molecule has 0 saturated carbocycles. The zero-order chi connectivity index (χ0) is 15.9. The van der Waals surface area contributed by atoms with E-state index in [1.54, 1.807) is 6.20 Å². The molecule has 0 radical (unpaired) electrons. The first-order valence-corrected chi connectivity index (χ1v) is 8.33. The fraction of sp³-hybridized carbons (Fsp3) is 0.350. The molecule has 1 aromatic heterocycles. The third kappa shape index (κ3) is 2.32. The number of benzene rings is 1. The number of aliphatic hydroxyl groups is 1. The molecule has 2 aromatic rings. The molecule has 1 atom stereocenters. The fourth-order valence-corrected chi connectivity index (χ4v) is 4.04. The molecule has 1 aliphatic heterocycles. The average molecular weight is 306 g/mol. The van der Waals surface area contributed by atoms with E-state index in [4.69, 9.17) is 0 Å². The van der Waals surface area contributed by atoms with Crippen molar-refractivity contribution in [2.75, 3.05) is 20.1 Å². The van der Waals surface area contributed by atoms with E-state index in [0.29, 0.717) is 0 Å². The predicted molar refractivity (Wildman–Crippen MR) is 92.8 cm³/mol. The van der Waals surface area contributed by atoms with Gasteiger partial charge >= 0.3 is 0 Å². The number of hydrogen-bond acceptors (Lipinski definition) is 3. The van der Waals surface area contributed by atoms with Crippen molar-refractivity contribution in [2.45, 2.75) is 18.4 Å². The number of nitrogens with zero attached hydrogens (tertiary/aromatic N) is 2. The molecule has 118 valence electrons. The summed E-state index contributed by atoms with van der Waals surface area (Å²) in [4.78, 5) is 6.85. The van der Waals surface area contributed by atoms with Gasteiger partial charge in [-0.1, -0.05) is 36.4 Å². The third-order valence-electron chi connectivity index (χ3n) is 5.35. The molecule has 1 aromatic carbocycles. The molecular formula is C20H22N2O. The highest BCUT2D eigenvalue weighted by atomic mass is 16.3. The highest BCUT2D eigenvalue weighted by Gasteiger charge is 2.44. The Balaban J connectivity index is 1.91. The maximum absolute atomic E-state index is 12.0. The molecule has 23 heavy (non-hydrogen) atoms. The smallest absolute Gasteiger partial charge is 0.120 e. The van der Waals surface area contributed by atoms with Crippen LogP contribution in [-0.2, 0) is 5.60 Å². The first-order valence-electron chi connectivity index (χ1n) is 8.33. The van der Waals surface area contributed by atoms with Gasteiger partial charge in [0.15, 0.2) is 0 Å². The summed E-state index contributed by atoms with van der Waals surface area (Å²) in [6.45, 7) is 2.05. The van der Waals surface area contributed by atoms with Crippen molar-refractivity contribution >= 4 is 12.2 Å². The molecular weight excluding hydrogens is 284 g/mol. The van der Waals surface area contributed by atoms with Gasteiger partial charge < -0.3 is 10.0 Å². The molecule has 0 spiro atoms. The van der Waals surface area contributed by atoms with E-state index in [1.165, 1.54) is 0 Å². The second kappa shape index (κ2) is 5.59.